The molecule has 0 saturated carbocycles. The lowest BCUT2D eigenvalue weighted by molar-refractivity contribution is 0.0163. The highest BCUT2D eigenvalue weighted by molar-refractivity contribution is 7.10. The van der Waals surface area contributed by atoms with Gasteiger partial charge in [-0.25, -0.2) is 4.79 Å². The Morgan fingerprint density at radius 1 is 1.48 bits per heavy atom. The maximum absolute atomic E-state index is 12.2. The van der Waals surface area contributed by atoms with E-state index in [9.17, 15) is 9.90 Å². The van der Waals surface area contributed by atoms with Crippen molar-refractivity contribution in [1.82, 2.24) is 10.2 Å². The first-order chi connectivity index (χ1) is 10.7. The fraction of sp³-hybridized carbons (Fsp3) is 0.706. The van der Waals surface area contributed by atoms with E-state index in [1.165, 1.54) is 0 Å². The van der Waals surface area contributed by atoms with Crippen LogP contribution < -0.4 is 5.32 Å². The summed E-state index contributed by atoms with van der Waals surface area (Å²) >= 11 is 1.55. The molecule has 1 amide bonds. The fourth-order valence-electron chi connectivity index (χ4n) is 2.65. The van der Waals surface area contributed by atoms with Crippen LogP contribution in [0.25, 0.3) is 0 Å². The number of piperidine rings is 1. The normalized spacial score (nSPS) is 21.8. The minimum absolute atomic E-state index is 0.183. The quantitative estimate of drug-likeness (QED) is 0.885. The third kappa shape index (κ3) is 5.48. The number of hydrogen-bond acceptors (Lipinski definition) is 5. The number of likely N-dealkylation sites (tertiary alicyclic amines) is 1. The lowest BCUT2D eigenvalue weighted by atomic mass is 10.0. The van der Waals surface area contributed by atoms with Crippen molar-refractivity contribution in [3.8, 4) is 0 Å². The van der Waals surface area contributed by atoms with E-state index >= 15 is 0 Å². The van der Waals surface area contributed by atoms with Crippen molar-refractivity contribution in [1.29, 1.82) is 0 Å². The van der Waals surface area contributed by atoms with Crippen LogP contribution >= 0.6 is 11.3 Å². The second kappa shape index (κ2) is 7.20. The summed E-state index contributed by atoms with van der Waals surface area (Å²) < 4.78 is 5.44. The molecule has 1 aromatic heterocycles. The highest BCUT2D eigenvalue weighted by Gasteiger charge is 2.30. The van der Waals surface area contributed by atoms with Gasteiger partial charge in [0.05, 0.1) is 0 Å². The molecule has 0 spiro atoms. The van der Waals surface area contributed by atoms with Crippen molar-refractivity contribution in [2.45, 2.75) is 57.8 Å². The van der Waals surface area contributed by atoms with Crippen LogP contribution in [0.4, 0.5) is 4.79 Å². The van der Waals surface area contributed by atoms with Crippen molar-refractivity contribution in [2.24, 2.45) is 0 Å². The van der Waals surface area contributed by atoms with Crippen LogP contribution in [0.15, 0.2) is 17.5 Å². The summed E-state index contributed by atoms with van der Waals surface area (Å²) in [6.45, 7) is 9.28. The predicted molar refractivity (Wildman–Crippen MR) is 92.7 cm³/mol. The number of amides is 1. The van der Waals surface area contributed by atoms with Gasteiger partial charge in [0.25, 0.3) is 0 Å². The molecular weight excluding hydrogens is 312 g/mol. The number of carbonyl (C=O) groups excluding carboxylic acids is 1. The van der Waals surface area contributed by atoms with Gasteiger partial charge < -0.3 is 20.1 Å². The largest absolute Gasteiger partial charge is 0.444 e. The summed E-state index contributed by atoms with van der Waals surface area (Å²) in [5.74, 6) is 0. The summed E-state index contributed by atoms with van der Waals surface area (Å²) in [5, 5.41) is 15.9. The lowest BCUT2D eigenvalue weighted by Gasteiger charge is -2.35. The van der Waals surface area contributed by atoms with Crippen molar-refractivity contribution < 1.29 is 14.6 Å². The highest BCUT2D eigenvalue weighted by Crippen LogP contribution is 2.25. The summed E-state index contributed by atoms with van der Waals surface area (Å²) in [6.07, 6.45) is 1.69. The topological polar surface area (TPSA) is 61.8 Å². The molecule has 1 aromatic rings. The van der Waals surface area contributed by atoms with Crippen molar-refractivity contribution in [3.63, 3.8) is 0 Å². The molecule has 0 radical (unpaired) electrons. The van der Waals surface area contributed by atoms with Crippen LogP contribution in [0.2, 0.25) is 0 Å². The summed E-state index contributed by atoms with van der Waals surface area (Å²) in [5.41, 5.74) is -1.36. The van der Waals surface area contributed by atoms with Crippen LogP contribution in [0.3, 0.4) is 0 Å². The number of carbonyl (C=O) groups is 1. The molecule has 2 rings (SSSR count). The molecule has 1 aliphatic heterocycles. The van der Waals surface area contributed by atoms with Gasteiger partial charge in [-0.1, -0.05) is 6.07 Å². The number of rotatable bonds is 4. The minimum Gasteiger partial charge on any atom is -0.444 e. The molecule has 1 saturated heterocycles. The van der Waals surface area contributed by atoms with E-state index in [2.05, 4.69) is 5.32 Å². The Labute approximate surface area is 142 Å². The van der Waals surface area contributed by atoms with Gasteiger partial charge in [-0.15, -0.1) is 11.3 Å². The van der Waals surface area contributed by atoms with E-state index in [-0.39, 0.29) is 12.1 Å². The average Bonchev–Trinajstić information content (AvgIpc) is 2.99. The van der Waals surface area contributed by atoms with E-state index in [0.717, 1.165) is 24.3 Å². The zero-order valence-corrected chi connectivity index (χ0v) is 15.3. The Morgan fingerprint density at radius 3 is 2.83 bits per heavy atom. The van der Waals surface area contributed by atoms with Crippen LogP contribution in [-0.2, 0) is 10.3 Å². The zero-order chi connectivity index (χ0) is 17.1. The van der Waals surface area contributed by atoms with E-state index in [0.29, 0.717) is 13.1 Å². The lowest BCUT2D eigenvalue weighted by Crippen LogP contribution is -2.51. The van der Waals surface area contributed by atoms with Gasteiger partial charge in [-0.2, -0.15) is 0 Å². The van der Waals surface area contributed by atoms with E-state index in [1.54, 1.807) is 16.2 Å². The molecule has 5 nitrogen and oxygen atoms in total. The average molecular weight is 340 g/mol. The van der Waals surface area contributed by atoms with Gasteiger partial charge in [-0.05, 0) is 52.0 Å². The van der Waals surface area contributed by atoms with Gasteiger partial charge in [0.15, 0.2) is 0 Å². The zero-order valence-electron chi connectivity index (χ0n) is 14.5. The van der Waals surface area contributed by atoms with Crippen LogP contribution in [0.1, 0.15) is 45.4 Å². The first-order valence-corrected chi connectivity index (χ1v) is 9.03. The maximum Gasteiger partial charge on any atom is 0.410 e. The van der Waals surface area contributed by atoms with Crippen molar-refractivity contribution in [3.05, 3.63) is 22.4 Å². The molecular formula is C17H28N2O3S. The fourth-order valence-corrected chi connectivity index (χ4v) is 3.44. The molecule has 1 aliphatic rings. The Bertz CT molecular complexity index is 508. The first kappa shape index (κ1) is 18.2. The van der Waals surface area contributed by atoms with E-state index in [4.69, 9.17) is 4.74 Å². The van der Waals surface area contributed by atoms with Crippen LogP contribution in [0, 0.1) is 0 Å². The van der Waals surface area contributed by atoms with Crippen LogP contribution in [-0.4, -0.2) is 47.4 Å². The van der Waals surface area contributed by atoms with E-state index < -0.39 is 11.2 Å². The summed E-state index contributed by atoms with van der Waals surface area (Å²) in [7, 11) is 0. The maximum atomic E-state index is 12.2. The Kier molecular flexibility index (Phi) is 5.70. The third-order valence-electron chi connectivity index (χ3n) is 3.86. The second-order valence-corrected chi connectivity index (χ2v) is 8.35. The van der Waals surface area contributed by atoms with Gasteiger partial charge in [0.2, 0.25) is 0 Å². The Morgan fingerprint density at radius 2 is 2.22 bits per heavy atom. The molecule has 2 heterocycles. The molecule has 2 unspecified atom stereocenters. The van der Waals surface area contributed by atoms with Crippen molar-refractivity contribution in [2.75, 3.05) is 19.6 Å². The van der Waals surface area contributed by atoms with Gasteiger partial charge >= 0.3 is 6.09 Å². The monoisotopic (exact) mass is 340 g/mol. The number of ether oxygens (including phenoxy) is 1. The molecule has 0 bridgehead atoms. The number of thiophene rings is 1. The Balaban J connectivity index is 1.86. The molecule has 0 aromatic carbocycles. The minimum atomic E-state index is -0.887. The standard InChI is InChI=1S/C17H28N2O3S/c1-16(2,3)22-15(20)19-9-5-7-13(11-19)18-12-17(4,21)14-8-6-10-23-14/h6,8,10,13,18,21H,5,7,9,11-12H2,1-4H3. The van der Waals surface area contributed by atoms with Gasteiger partial charge in [-0.3, -0.25) is 0 Å². The predicted octanol–water partition coefficient (Wildman–Crippen LogP) is 2.94. The molecule has 23 heavy (non-hydrogen) atoms. The summed E-state index contributed by atoms with van der Waals surface area (Å²) in [4.78, 5) is 14.9. The van der Waals surface area contributed by atoms with Gasteiger partial charge in [0, 0.05) is 30.6 Å². The molecule has 0 aliphatic carbocycles. The second-order valence-electron chi connectivity index (χ2n) is 7.40. The van der Waals surface area contributed by atoms with Crippen LogP contribution in [0.5, 0.6) is 0 Å². The molecule has 2 atom stereocenters. The van der Waals surface area contributed by atoms with E-state index in [1.807, 2.05) is 45.2 Å². The Hall–Kier alpha value is -1.11. The van der Waals surface area contributed by atoms with Crippen molar-refractivity contribution >= 4 is 17.4 Å². The number of nitrogens with one attached hydrogen (secondary N) is 1. The molecule has 130 valence electrons. The third-order valence-corrected chi connectivity index (χ3v) is 4.98. The number of aliphatic hydroxyl groups is 1. The molecule has 1 fully saturated rings. The molecule has 2 N–H and O–H groups in total. The SMILES string of the molecule is CC(C)(C)OC(=O)N1CCCC(NCC(C)(O)c2cccs2)C1. The summed E-state index contributed by atoms with van der Waals surface area (Å²) in [6, 6.07) is 4.07. The first-order valence-electron chi connectivity index (χ1n) is 8.15. The number of hydrogen-bond donors (Lipinski definition) is 2. The number of nitrogens with zero attached hydrogens (tertiary/aromatic N) is 1. The smallest absolute Gasteiger partial charge is 0.410 e. The molecule has 6 heteroatoms. The van der Waals surface area contributed by atoms with Gasteiger partial charge in [0.1, 0.15) is 11.2 Å². The highest BCUT2D eigenvalue weighted by atomic mass is 32.1.